The van der Waals surface area contributed by atoms with Crippen LogP contribution < -0.4 is 5.32 Å². The van der Waals surface area contributed by atoms with Crippen molar-refractivity contribution in [2.45, 2.75) is 18.1 Å². The zero-order valence-corrected chi connectivity index (χ0v) is 9.80. The van der Waals surface area contributed by atoms with Crippen LogP contribution in [0.25, 0.3) is 11.0 Å². The predicted molar refractivity (Wildman–Crippen MR) is 68.0 cm³/mol. The fraction of sp³-hybridized carbons (Fsp3) is 0.417. The van der Waals surface area contributed by atoms with E-state index in [1.165, 1.54) is 18.6 Å². The van der Waals surface area contributed by atoms with Gasteiger partial charge in [-0.2, -0.15) is 11.8 Å². The first-order valence-electron chi connectivity index (χ1n) is 5.61. The first-order chi connectivity index (χ1) is 7.93. The van der Waals surface area contributed by atoms with Gasteiger partial charge in [0.15, 0.2) is 0 Å². The summed E-state index contributed by atoms with van der Waals surface area (Å²) in [5.74, 6) is 2.24. The van der Waals surface area contributed by atoms with Gasteiger partial charge in [-0.1, -0.05) is 0 Å². The van der Waals surface area contributed by atoms with Crippen molar-refractivity contribution in [3.63, 3.8) is 0 Å². The van der Waals surface area contributed by atoms with Gasteiger partial charge in [0.1, 0.15) is 11.4 Å². The number of furan rings is 1. The van der Waals surface area contributed by atoms with Gasteiger partial charge in [-0.15, -0.1) is 0 Å². The highest BCUT2D eigenvalue weighted by molar-refractivity contribution is 8.00. The maximum atomic E-state index is 5.35. The zero-order chi connectivity index (χ0) is 10.8. The predicted octanol–water partition coefficient (Wildman–Crippen LogP) is 3.14. The van der Waals surface area contributed by atoms with Crippen LogP contribution in [-0.4, -0.2) is 22.5 Å². The van der Waals surface area contributed by atoms with Gasteiger partial charge in [0, 0.05) is 18.0 Å². The van der Waals surface area contributed by atoms with E-state index in [1.54, 1.807) is 12.5 Å². The van der Waals surface area contributed by atoms with Crippen molar-refractivity contribution in [2.24, 2.45) is 0 Å². The SMILES string of the molecule is c1cc2occc2c(NCC2CCCS2)n1. The molecule has 2 aromatic heterocycles. The summed E-state index contributed by atoms with van der Waals surface area (Å²) >= 11 is 2.06. The Morgan fingerprint density at radius 3 is 3.38 bits per heavy atom. The van der Waals surface area contributed by atoms with Crippen molar-refractivity contribution in [3.8, 4) is 0 Å². The molecule has 0 aliphatic carbocycles. The van der Waals surface area contributed by atoms with Gasteiger partial charge in [0.05, 0.1) is 11.6 Å². The third-order valence-electron chi connectivity index (χ3n) is 2.90. The van der Waals surface area contributed by atoms with Gasteiger partial charge in [-0.05, 0) is 30.7 Å². The lowest BCUT2D eigenvalue weighted by Gasteiger charge is -2.10. The second-order valence-corrected chi connectivity index (χ2v) is 5.42. The summed E-state index contributed by atoms with van der Waals surface area (Å²) in [7, 11) is 0. The molecule has 0 radical (unpaired) electrons. The topological polar surface area (TPSA) is 38.1 Å². The molecule has 0 aromatic carbocycles. The fourth-order valence-corrected chi connectivity index (χ4v) is 3.25. The number of hydrogen-bond acceptors (Lipinski definition) is 4. The van der Waals surface area contributed by atoms with E-state index in [0.717, 1.165) is 28.6 Å². The molecule has 3 rings (SSSR count). The number of nitrogens with one attached hydrogen (secondary N) is 1. The second-order valence-electron chi connectivity index (χ2n) is 4.01. The van der Waals surface area contributed by atoms with Crippen molar-refractivity contribution in [2.75, 3.05) is 17.6 Å². The Morgan fingerprint density at radius 1 is 1.50 bits per heavy atom. The lowest BCUT2D eigenvalue weighted by atomic mass is 10.2. The van der Waals surface area contributed by atoms with Crippen LogP contribution in [-0.2, 0) is 0 Å². The number of nitrogens with zero attached hydrogens (tertiary/aromatic N) is 1. The molecule has 16 heavy (non-hydrogen) atoms. The van der Waals surface area contributed by atoms with Gasteiger partial charge in [0.25, 0.3) is 0 Å². The zero-order valence-electron chi connectivity index (χ0n) is 8.98. The normalized spacial score (nSPS) is 20.4. The number of pyridine rings is 1. The number of hydrogen-bond donors (Lipinski definition) is 1. The smallest absolute Gasteiger partial charge is 0.139 e. The first kappa shape index (κ1) is 10.0. The number of aromatic nitrogens is 1. The molecule has 1 N–H and O–H groups in total. The Hall–Kier alpha value is -1.16. The van der Waals surface area contributed by atoms with Crippen molar-refractivity contribution in [1.82, 2.24) is 4.98 Å². The number of anilines is 1. The molecule has 1 atom stereocenters. The van der Waals surface area contributed by atoms with E-state index in [2.05, 4.69) is 22.1 Å². The Balaban J connectivity index is 1.75. The molecule has 4 heteroatoms. The standard InChI is InChI=1S/C12H14N2OS/c1-2-9(16-7-1)8-14-12-10-4-6-15-11(10)3-5-13-12/h3-6,9H,1-2,7-8H2,(H,13,14). The molecule has 3 nitrogen and oxygen atoms in total. The van der Waals surface area contributed by atoms with Crippen LogP contribution in [0.5, 0.6) is 0 Å². The highest BCUT2D eigenvalue weighted by atomic mass is 32.2. The number of thioether (sulfide) groups is 1. The van der Waals surface area contributed by atoms with Crippen molar-refractivity contribution in [1.29, 1.82) is 0 Å². The van der Waals surface area contributed by atoms with Crippen LogP contribution in [0.4, 0.5) is 5.82 Å². The largest absolute Gasteiger partial charge is 0.464 e. The van der Waals surface area contributed by atoms with Crippen LogP contribution in [0, 0.1) is 0 Å². The van der Waals surface area contributed by atoms with E-state index in [0.29, 0.717) is 0 Å². The first-order valence-corrected chi connectivity index (χ1v) is 6.66. The molecule has 1 aliphatic rings. The van der Waals surface area contributed by atoms with Crippen molar-refractivity contribution >= 4 is 28.5 Å². The summed E-state index contributed by atoms with van der Waals surface area (Å²) in [6.07, 6.45) is 6.16. The quantitative estimate of drug-likeness (QED) is 0.885. The average molecular weight is 234 g/mol. The van der Waals surface area contributed by atoms with E-state index in [9.17, 15) is 0 Å². The van der Waals surface area contributed by atoms with Crippen LogP contribution in [0.1, 0.15) is 12.8 Å². The van der Waals surface area contributed by atoms with Crippen molar-refractivity contribution < 1.29 is 4.42 Å². The Kier molecular flexibility index (Phi) is 2.74. The molecule has 0 amide bonds. The summed E-state index contributed by atoms with van der Waals surface area (Å²) < 4.78 is 5.35. The minimum Gasteiger partial charge on any atom is -0.464 e. The van der Waals surface area contributed by atoms with Crippen LogP contribution in [0.3, 0.4) is 0 Å². The summed E-state index contributed by atoms with van der Waals surface area (Å²) in [5.41, 5.74) is 0.900. The van der Waals surface area contributed by atoms with E-state index < -0.39 is 0 Å². The van der Waals surface area contributed by atoms with Crippen molar-refractivity contribution in [3.05, 3.63) is 24.6 Å². The third-order valence-corrected chi connectivity index (χ3v) is 4.30. The Labute approximate surface area is 98.6 Å². The van der Waals surface area contributed by atoms with Crippen LogP contribution in [0.2, 0.25) is 0 Å². The van der Waals surface area contributed by atoms with E-state index >= 15 is 0 Å². The fourth-order valence-electron chi connectivity index (χ4n) is 2.05. The lowest BCUT2D eigenvalue weighted by molar-refractivity contribution is 0.615. The van der Waals surface area contributed by atoms with Gasteiger partial charge >= 0.3 is 0 Å². The lowest BCUT2D eigenvalue weighted by Crippen LogP contribution is -2.14. The molecule has 0 saturated carbocycles. The molecule has 1 aliphatic heterocycles. The summed E-state index contributed by atoms with van der Waals surface area (Å²) in [4.78, 5) is 4.36. The molecule has 1 unspecified atom stereocenters. The van der Waals surface area contributed by atoms with Gasteiger partial charge < -0.3 is 9.73 Å². The average Bonchev–Trinajstić information content (AvgIpc) is 2.97. The molecular formula is C12H14N2OS. The third kappa shape index (κ3) is 1.89. The molecule has 84 valence electrons. The number of fused-ring (bicyclic) bond motifs is 1. The van der Waals surface area contributed by atoms with Gasteiger partial charge in [0.2, 0.25) is 0 Å². The molecule has 3 heterocycles. The maximum Gasteiger partial charge on any atom is 0.139 e. The van der Waals surface area contributed by atoms with E-state index in [1.807, 2.05) is 12.1 Å². The highest BCUT2D eigenvalue weighted by Gasteiger charge is 2.15. The molecule has 2 aromatic rings. The molecule has 0 bridgehead atoms. The number of rotatable bonds is 3. The van der Waals surface area contributed by atoms with E-state index in [-0.39, 0.29) is 0 Å². The maximum absolute atomic E-state index is 5.35. The minimum absolute atomic E-state index is 0.740. The van der Waals surface area contributed by atoms with Crippen LogP contribution >= 0.6 is 11.8 Å². The molecule has 1 saturated heterocycles. The Bertz CT molecular complexity index is 477. The molecular weight excluding hydrogens is 220 g/mol. The summed E-state index contributed by atoms with van der Waals surface area (Å²) in [5, 5.41) is 5.24. The summed E-state index contributed by atoms with van der Waals surface area (Å²) in [6, 6.07) is 3.86. The van der Waals surface area contributed by atoms with Crippen LogP contribution in [0.15, 0.2) is 29.0 Å². The monoisotopic (exact) mass is 234 g/mol. The molecule has 1 fully saturated rings. The minimum atomic E-state index is 0.740. The summed E-state index contributed by atoms with van der Waals surface area (Å²) in [6.45, 7) is 1.00. The highest BCUT2D eigenvalue weighted by Crippen LogP contribution is 2.27. The second kappa shape index (κ2) is 4.37. The van der Waals surface area contributed by atoms with E-state index in [4.69, 9.17) is 4.42 Å². The molecule has 0 spiro atoms. The Morgan fingerprint density at radius 2 is 2.50 bits per heavy atom. The van der Waals surface area contributed by atoms with Gasteiger partial charge in [-0.25, -0.2) is 4.98 Å². The van der Waals surface area contributed by atoms with Gasteiger partial charge in [-0.3, -0.25) is 0 Å².